The van der Waals surface area contributed by atoms with E-state index < -0.39 is 0 Å². The van der Waals surface area contributed by atoms with Crippen LogP contribution in [0.3, 0.4) is 0 Å². The van der Waals surface area contributed by atoms with Crippen molar-refractivity contribution in [2.45, 2.75) is 0 Å². The zero-order chi connectivity index (χ0) is 2.71. The van der Waals surface area contributed by atoms with Crippen molar-refractivity contribution in [3.63, 3.8) is 0 Å². The fraction of sp³-hybridized carbons (Fsp3) is 0. The van der Waals surface area contributed by atoms with E-state index in [-0.39, 0.29) is 49.5 Å². The topological polar surface area (TPSA) is 84.7 Å². The van der Waals surface area contributed by atoms with Gasteiger partial charge in [-0.15, -0.1) is 17.3 Å². The van der Waals surface area contributed by atoms with Crippen LogP contribution in [0.5, 0.6) is 0 Å². The van der Waals surface area contributed by atoms with E-state index in [0.717, 1.165) is 0 Å². The van der Waals surface area contributed by atoms with Crippen molar-refractivity contribution >= 4 is 12.4 Å². The summed E-state index contributed by atoms with van der Waals surface area (Å²) in [6.45, 7) is 0. The van der Waals surface area contributed by atoms with Gasteiger partial charge in [-0.1, -0.05) is 0 Å². The molecule has 4 N–H and O–H groups in total. The minimum Gasteiger partial charge on any atom is -1.00 e. The Bertz CT molecular complexity index is 23.2. The van der Waals surface area contributed by atoms with Crippen LogP contribution in [-0.2, 0) is 0 Å². The van der Waals surface area contributed by atoms with E-state index in [2.05, 4.69) is 0 Å². The summed E-state index contributed by atoms with van der Waals surface area (Å²) in [7, 11) is 0. The summed E-state index contributed by atoms with van der Waals surface area (Å²) >= 11 is 0. The fourth-order valence-corrected chi connectivity index (χ4v) is 0. The minimum absolute atomic E-state index is 0. The van der Waals surface area contributed by atoms with Crippen LogP contribution in [0.2, 0.25) is 0 Å². The van der Waals surface area contributed by atoms with E-state index >= 15 is 0 Å². The van der Waals surface area contributed by atoms with E-state index in [4.69, 9.17) is 10.1 Å². The molecule has 0 aliphatic rings. The third kappa shape index (κ3) is 147. The molecule has 0 radical (unpaired) electrons. The Morgan fingerprint density at radius 3 is 1.67 bits per heavy atom. The zero-order valence-electron chi connectivity index (χ0n) is 4.42. The summed E-state index contributed by atoms with van der Waals surface area (Å²) in [6, 6.07) is 0. The standard InChI is InChI=1S/ClH.HNO2.H3N.Na.H/c;2-1-3;;;/h1H;(H,2,3);1H3;;/q;;;+1;-1. The van der Waals surface area contributed by atoms with E-state index in [1.807, 2.05) is 0 Å². The molecule has 0 unspecified atom stereocenters. The van der Waals surface area contributed by atoms with E-state index in [9.17, 15) is 0 Å². The van der Waals surface area contributed by atoms with Crippen LogP contribution >= 0.6 is 12.4 Å². The minimum atomic E-state index is 0. The van der Waals surface area contributed by atoms with E-state index in [1.165, 1.54) is 5.34 Å². The molecule has 6 heteroatoms. The SMILES string of the molecule is Cl.N.O=NO.[H-].[Na+]. The molecule has 0 bridgehead atoms. The second kappa shape index (κ2) is 44.9. The van der Waals surface area contributed by atoms with Crippen molar-refractivity contribution in [3.8, 4) is 0 Å². The molecule has 4 nitrogen and oxygen atoms in total. The molecule has 0 aromatic heterocycles. The van der Waals surface area contributed by atoms with Crippen LogP contribution in [0, 0.1) is 4.91 Å². The Kier molecular flexibility index (Phi) is 226. The van der Waals surface area contributed by atoms with Crippen LogP contribution in [0.1, 0.15) is 1.43 Å². The summed E-state index contributed by atoms with van der Waals surface area (Å²) in [5.41, 5.74) is 0. The third-order valence-corrected chi connectivity index (χ3v) is 0. The van der Waals surface area contributed by atoms with Gasteiger partial charge in [0.15, 0.2) is 5.34 Å². The molecule has 0 saturated carbocycles. The smallest absolute Gasteiger partial charge is 1.00 e. The Morgan fingerprint density at radius 2 is 1.67 bits per heavy atom. The predicted molar refractivity (Wildman–Crippen MR) is 21.0 cm³/mol. The Labute approximate surface area is 65.0 Å². The van der Waals surface area contributed by atoms with E-state index in [0.29, 0.717) is 0 Å². The first-order chi connectivity index (χ1) is 1.41. The van der Waals surface area contributed by atoms with Crippen molar-refractivity contribution < 1.29 is 36.2 Å². The van der Waals surface area contributed by atoms with Gasteiger partial charge in [0.25, 0.3) is 0 Å². The van der Waals surface area contributed by atoms with Crippen molar-refractivity contribution in [1.82, 2.24) is 6.15 Å². The zero-order valence-corrected chi connectivity index (χ0v) is 6.23. The molecule has 0 aliphatic carbocycles. The number of halogens is 1. The van der Waals surface area contributed by atoms with Crippen LogP contribution in [-0.4, -0.2) is 5.21 Å². The molecular formula is H6ClN2NaO2. The van der Waals surface area contributed by atoms with Gasteiger partial charge in [0, 0.05) is 0 Å². The van der Waals surface area contributed by atoms with Gasteiger partial charge in [0.1, 0.15) is 0 Å². The maximum atomic E-state index is 8.11. The largest absolute Gasteiger partial charge is 1.00 e. The normalized spacial score (nSPS) is 2.00. The molecule has 0 spiro atoms. The van der Waals surface area contributed by atoms with Crippen LogP contribution < -0.4 is 35.7 Å². The molecule has 0 heterocycles. The Hall–Kier alpha value is 0.650. The third-order valence-electron chi connectivity index (χ3n) is 0. The van der Waals surface area contributed by atoms with Gasteiger partial charge in [0.2, 0.25) is 0 Å². The maximum Gasteiger partial charge on any atom is 1.00 e. The summed E-state index contributed by atoms with van der Waals surface area (Å²) < 4.78 is 0. The summed E-state index contributed by atoms with van der Waals surface area (Å²) in [5, 5.41) is 7.89. The number of hydrogen-bond donors (Lipinski definition) is 2. The monoisotopic (exact) mass is 124 g/mol. The van der Waals surface area contributed by atoms with E-state index in [1.54, 1.807) is 0 Å². The van der Waals surface area contributed by atoms with Gasteiger partial charge < -0.3 is 12.8 Å². The van der Waals surface area contributed by atoms with Crippen molar-refractivity contribution in [3.05, 3.63) is 4.91 Å². The summed E-state index contributed by atoms with van der Waals surface area (Å²) in [5.74, 6) is 0. The number of nitrogens with zero attached hydrogens (tertiary/aromatic N) is 1. The molecule has 0 rings (SSSR count). The van der Waals surface area contributed by atoms with Gasteiger partial charge >= 0.3 is 29.6 Å². The van der Waals surface area contributed by atoms with Crippen LogP contribution in [0.15, 0.2) is 5.34 Å². The molecule has 0 atom stereocenters. The second-order valence-electron chi connectivity index (χ2n) is 0.0816. The molecule has 0 amide bonds. The van der Waals surface area contributed by atoms with Crippen molar-refractivity contribution in [2.24, 2.45) is 5.34 Å². The quantitative estimate of drug-likeness (QED) is 0.219. The average Bonchev–Trinajstić information content (AvgIpc) is 0.918. The maximum absolute atomic E-state index is 8.11. The first-order valence-electron chi connectivity index (χ1n) is 0.383. The van der Waals surface area contributed by atoms with Crippen molar-refractivity contribution in [1.29, 1.82) is 0 Å². The number of rotatable bonds is 0. The summed E-state index contributed by atoms with van der Waals surface area (Å²) in [6.07, 6.45) is 0. The summed E-state index contributed by atoms with van der Waals surface area (Å²) in [4.78, 5) is 8.11. The molecule has 0 aromatic rings. The van der Waals surface area contributed by atoms with Gasteiger partial charge in [0.05, 0.1) is 0 Å². The number of hydrogen-bond acceptors (Lipinski definition) is 3. The van der Waals surface area contributed by atoms with Gasteiger partial charge in [-0.2, -0.15) is 0 Å². The molecule has 0 aliphatic heterocycles. The van der Waals surface area contributed by atoms with Crippen LogP contribution in [0.4, 0.5) is 0 Å². The first-order valence-corrected chi connectivity index (χ1v) is 0.383. The van der Waals surface area contributed by atoms with Gasteiger partial charge in [-0.05, 0) is 0 Å². The molecular weight excluding hydrogens is 118 g/mol. The molecule has 0 aromatic carbocycles. The average molecular weight is 125 g/mol. The van der Waals surface area contributed by atoms with Crippen molar-refractivity contribution in [2.75, 3.05) is 0 Å². The molecule has 0 saturated heterocycles. The predicted octanol–water partition coefficient (Wildman–Crippen LogP) is -2.16. The Morgan fingerprint density at radius 1 is 1.67 bits per heavy atom. The van der Waals surface area contributed by atoms with Crippen LogP contribution in [0.25, 0.3) is 0 Å². The second-order valence-corrected chi connectivity index (χ2v) is 0.0816. The van der Waals surface area contributed by atoms with Gasteiger partial charge in [-0.25, -0.2) is 0 Å². The molecule has 36 valence electrons. The Balaban J connectivity index is -0.00000000333. The van der Waals surface area contributed by atoms with Gasteiger partial charge in [-0.3, -0.25) is 0 Å². The molecule has 6 heavy (non-hydrogen) atoms. The fourth-order valence-electron chi connectivity index (χ4n) is 0. The molecule has 0 fully saturated rings. The first kappa shape index (κ1) is 30.2.